The topological polar surface area (TPSA) is 92.1 Å². The Labute approximate surface area is 200 Å². The summed E-state index contributed by atoms with van der Waals surface area (Å²) < 4.78 is 39.0. The van der Waals surface area contributed by atoms with Gasteiger partial charge in [-0.3, -0.25) is 9.52 Å². The molecule has 2 aromatic carbocycles. The number of amides is 1. The number of sulfonamides is 1. The molecule has 34 heavy (non-hydrogen) atoms. The van der Waals surface area contributed by atoms with Crippen molar-refractivity contribution >= 4 is 27.3 Å². The van der Waals surface area contributed by atoms with E-state index in [9.17, 15) is 13.2 Å². The summed E-state index contributed by atoms with van der Waals surface area (Å²) in [4.78, 5) is 17.0. The SMILES string of the molecule is COc1ccc(S(=O)(=O)Nc2ccc(N(C)C)c(CN(CC3CC3)C(=O)c3ccco3)c2)cc1. The summed E-state index contributed by atoms with van der Waals surface area (Å²) in [6, 6.07) is 14.9. The zero-order valence-electron chi connectivity index (χ0n) is 19.5. The maximum absolute atomic E-state index is 13.1. The molecule has 0 saturated heterocycles. The highest BCUT2D eigenvalue weighted by molar-refractivity contribution is 7.92. The maximum atomic E-state index is 13.1. The van der Waals surface area contributed by atoms with Gasteiger partial charge in [0.1, 0.15) is 5.75 Å². The van der Waals surface area contributed by atoms with E-state index in [1.807, 2.05) is 25.1 Å². The fraction of sp³-hybridized carbons (Fsp3) is 0.320. The third-order valence-corrected chi connectivity index (χ3v) is 7.14. The van der Waals surface area contributed by atoms with Gasteiger partial charge in [-0.2, -0.15) is 0 Å². The highest BCUT2D eigenvalue weighted by Crippen LogP contribution is 2.32. The van der Waals surface area contributed by atoms with Crippen LogP contribution < -0.4 is 14.4 Å². The van der Waals surface area contributed by atoms with Gasteiger partial charge in [0.05, 0.1) is 18.3 Å². The number of hydrogen-bond acceptors (Lipinski definition) is 6. The van der Waals surface area contributed by atoms with Gasteiger partial charge in [-0.05, 0) is 78.9 Å². The van der Waals surface area contributed by atoms with Crippen molar-refractivity contribution in [3.05, 3.63) is 72.2 Å². The number of ether oxygens (including phenoxy) is 1. The lowest BCUT2D eigenvalue weighted by atomic mass is 10.1. The maximum Gasteiger partial charge on any atom is 0.289 e. The highest BCUT2D eigenvalue weighted by Gasteiger charge is 2.29. The second kappa shape index (κ2) is 9.80. The van der Waals surface area contributed by atoms with E-state index < -0.39 is 10.0 Å². The lowest BCUT2D eigenvalue weighted by Crippen LogP contribution is -2.33. The Hall–Kier alpha value is -3.46. The third kappa shape index (κ3) is 5.53. The van der Waals surface area contributed by atoms with Crippen molar-refractivity contribution in [1.82, 2.24) is 4.90 Å². The van der Waals surface area contributed by atoms with Gasteiger partial charge in [-0.15, -0.1) is 0 Å². The number of benzene rings is 2. The van der Waals surface area contributed by atoms with Crippen LogP contribution in [0.1, 0.15) is 29.0 Å². The van der Waals surface area contributed by atoms with Gasteiger partial charge in [0.25, 0.3) is 15.9 Å². The van der Waals surface area contributed by atoms with Gasteiger partial charge in [-0.25, -0.2) is 8.42 Å². The summed E-state index contributed by atoms with van der Waals surface area (Å²) in [5.41, 5.74) is 2.16. The molecule has 1 fully saturated rings. The Bertz CT molecular complexity index is 1230. The molecule has 1 aliphatic carbocycles. The third-order valence-electron chi connectivity index (χ3n) is 5.74. The normalized spacial score (nSPS) is 13.4. The minimum Gasteiger partial charge on any atom is -0.497 e. The molecule has 0 atom stereocenters. The van der Waals surface area contributed by atoms with Crippen LogP contribution in [-0.2, 0) is 16.6 Å². The van der Waals surface area contributed by atoms with Crippen molar-refractivity contribution in [2.24, 2.45) is 5.92 Å². The summed E-state index contributed by atoms with van der Waals surface area (Å²) in [6.45, 7) is 0.968. The average Bonchev–Trinajstić information content (AvgIpc) is 3.46. The zero-order valence-corrected chi connectivity index (χ0v) is 20.3. The monoisotopic (exact) mass is 483 g/mol. The second-order valence-electron chi connectivity index (χ2n) is 8.63. The minimum absolute atomic E-state index is 0.134. The van der Waals surface area contributed by atoms with E-state index in [1.54, 1.807) is 41.3 Å². The molecule has 1 saturated carbocycles. The minimum atomic E-state index is -3.79. The number of carbonyl (C=O) groups is 1. The van der Waals surface area contributed by atoms with E-state index in [0.717, 1.165) is 24.1 Å². The van der Waals surface area contributed by atoms with Crippen molar-refractivity contribution in [1.29, 1.82) is 0 Å². The summed E-state index contributed by atoms with van der Waals surface area (Å²) in [6.07, 6.45) is 3.69. The lowest BCUT2D eigenvalue weighted by Gasteiger charge is -2.26. The summed E-state index contributed by atoms with van der Waals surface area (Å²) >= 11 is 0. The van der Waals surface area contributed by atoms with Gasteiger partial charge >= 0.3 is 0 Å². The molecule has 1 amide bonds. The number of methoxy groups -OCH3 is 1. The van der Waals surface area contributed by atoms with Gasteiger partial charge in [0.2, 0.25) is 0 Å². The number of hydrogen-bond donors (Lipinski definition) is 1. The van der Waals surface area contributed by atoms with Crippen molar-refractivity contribution < 1.29 is 22.4 Å². The Balaban J connectivity index is 1.61. The first kappa shape index (κ1) is 23.7. The number of rotatable bonds is 10. The number of nitrogens with zero attached hydrogens (tertiary/aromatic N) is 2. The van der Waals surface area contributed by atoms with Crippen LogP contribution in [0.2, 0.25) is 0 Å². The van der Waals surface area contributed by atoms with E-state index >= 15 is 0 Å². The molecular weight excluding hydrogens is 454 g/mol. The molecule has 3 aromatic rings. The number of nitrogens with one attached hydrogen (secondary N) is 1. The molecule has 180 valence electrons. The van der Waals surface area contributed by atoms with E-state index in [1.165, 1.54) is 25.5 Å². The van der Waals surface area contributed by atoms with Crippen LogP contribution in [0, 0.1) is 5.92 Å². The van der Waals surface area contributed by atoms with Crippen LogP contribution in [0.5, 0.6) is 5.75 Å². The zero-order chi connectivity index (χ0) is 24.3. The molecule has 0 spiro atoms. The smallest absolute Gasteiger partial charge is 0.289 e. The number of furan rings is 1. The molecule has 1 aliphatic rings. The summed E-state index contributed by atoms with van der Waals surface area (Å²) in [5.74, 6) is 1.18. The Kier molecular flexibility index (Phi) is 6.83. The van der Waals surface area contributed by atoms with Gasteiger partial charge in [0.15, 0.2) is 5.76 Å². The fourth-order valence-electron chi connectivity index (χ4n) is 3.77. The van der Waals surface area contributed by atoms with Gasteiger partial charge < -0.3 is 19.0 Å². The predicted octanol–water partition coefficient (Wildman–Crippen LogP) is 4.21. The van der Waals surface area contributed by atoms with Crippen molar-refractivity contribution in [2.45, 2.75) is 24.3 Å². The largest absolute Gasteiger partial charge is 0.497 e. The molecule has 9 heteroatoms. The Morgan fingerprint density at radius 2 is 1.85 bits per heavy atom. The van der Waals surface area contributed by atoms with Crippen LogP contribution in [0.15, 0.2) is 70.2 Å². The first-order valence-corrected chi connectivity index (χ1v) is 12.5. The Morgan fingerprint density at radius 1 is 1.12 bits per heavy atom. The van der Waals surface area contributed by atoms with E-state index in [0.29, 0.717) is 36.2 Å². The molecular formula is C25H29N3O5S. The number of carbonyl (C=O) groups excluding carboxylic acids is 1. The molecule has 0 aliphatic heterocycles. The molecule has 8 nitrogen and oxygen atoms in total. The average molecular weight is 484 g/mol. The van der Waals surface area contributed by atoms with Crippen LogP contribution in [0.3, 0.4) is 0 Å². The first-order valence-electron chi connectivity index (χ1n) is 11.1. The first-order chi connectivity index (χ1) is 16.3. The lowest BCUT2D eigenvalue weighted by molar-refractivity contribution is 0.0703. The highest BCUT2D eigenvalue weighted by atomic mass is 32.2. The standard InChI is InChI=1S/C25H29N3O5S/c1-27(2)23-13-8-20(26-34(30,31)22-11-9-21(32-3)10-12-22)15-19(23)17-28(16-18-6-7-18)25(29)24-5-4-14-33-24/h4-5,8-15,18,26H,6-7,16-17H2,1-3H3. The molecule has 1 heterocycles. The molecule has 1 aromatic heterocycles. The van der Waals surface area contributed by atoms with Crippen LogP contribution in [0.25, 0.3) is 0 Å². The molecule has 1 N–H and O–H groups in total. The van der Waals surface area contributed by atoms with E-state index in [-0.39, 0.29) is 10.8 Å². The van der Waals surface area contributed by atoms with Crippen LogP contribution in [-0.4, -0.2) is 47.0 Å². The molecule has 0 bridgehead atoms. The second-order valence-corrected chi connectivity index (χ2v) is 10.3. The quantitative estimate of drug-likeness (QED) is 0.465. The fourth-order valence-corrected chi connectivity index (χ4v) is 4.82. The molecule has 0 radical (unpaired) electrons. The van der Waals surface area contributed by atoms with E-state index in [2.05, 4.69) is 4.72 Å². The summed E-state index contributed by atoms with van der Waals surface area (Å²) in [7, 11) is 1.57. The van der Waals surface area contributed by atoms with Crippen LogP contribution >= 0.6 is 0 Å². The Morgan fingerprint density at radius 3 is 2.44 bits per heavy atom. The van der Waals surface area contributed by atoms with Gasteiger partial charge in [0, 0.05) is 38.6 Å². The molecule has 0 unspecified atom stereocenters. The van der Waals surface area contributed by atoms with Crippen LogP contribution in [0.4, 0.5) is 11.4 Å². The predicted molar refractivity (Wildman–Crippen MR) is 131 cm³/mol. The van der Waals surface area contributed by atoms with Crippen molar-refractivity contribution in [2.75, 3.05) is 37.4 Å². The number of anilines is 2. The van der Waals surface area contributed by atoms with E-state index in [4.69, 9.17) is 9.15 Å². The molecule has 4 rings (SSSR count). The van der Waals surface area contributed by atoms with Crippen molar-refractivity contribution in [3.63, 3.8) is 0 Å². The van der Waals surface area contributed by atoms with Crippen molar-refractivity contribution in [3.8, 4) is 5.75 Å². The summed E-state index contributed by atoms with van der Waals surface area (Å²) in [5, 5.41) is 0. The van der Waals surface area contributed by atoms with Gasteiger partial charge in [-0.1, -0.05) is 0 Å².